The highest BCUT2D eigenvalue weighted by atomic mass is 16.5. The largest absolute Gasteiger partial charge is 0.462 e. The molecule has 0 rings (SSSR count). The summed E-state index contributed by atoms with van der Waals surface area (Å²) in [7, 11) is 0. The lowest BCUT2D eigenvalue weighted by Crippen LogP contribution is -2.46. The van der Waals surface area contributed by atoms with Crippen molar-refractivity contribution in [3.05, 3.63) is 48.6 Å². The van der Waals surface area contributed by atoms with E-state index in [0.29, 0.717) is 19.3 Å². The number of hydrogen-bond donors (Lipinski definition) is 3. The van der Waals surface area contributed by atoms with Crippen molar-refractivity contribution in [3.8, 4) is 0 Å². The number of aliphatic hydroxyl groups excluding tert-OH is 2. The van der Waals surface area contributed by atoms with Gasteiger partial charge in [0.25, 0.3) is 0 Å². The van der Waals surface area contributed by atoms with Gasteiger partial charge >= 0.3 is 5.97 Å². The molecule has 0 saturated heterocycles. The Labute approximate surface area is 385 Å². The van der Waals surface area contributed by atoms with Crippen LogP contribution in [0.4, 0.5) is 0 Å². The molecule has 3 atom stereocenters. The van der Waals surface area contributed by atoms with Gasteiger partial charge in [-0.3, -0.25) is 9.59 Å². The van der Waals surface area contributed by atoms with Gasteiger partial charge in [0.15, 0.2) is 0 Å². The quantitative estimate of drug-likeness (QED) is 0.0322. The van der Waals surface area contributed by atoms with Gasteiger partial charge in [-0.25, -0.2) is 0 Å². The van der Waals surface area contributed by atoms with Gasteiger partial charge in [0.1, 0.15) is 6.10 Å². The number of rotatable bonds is 48. The number of hydrogen-bond acceptors (Lipinski definition) is 5. The Morgan fingerprint density at radius 1 is 0.484 bits per heavy atom. The predicted octanol–water partition coefficient (Wildman–Crippen LogP) is 16.2. The van der Waals surface area contributed by atoms with Gasteiger partial charge in [-0.2, -0.15) is 0 Å². The molecular weight excluding hydrogens is 767 g/mol. The summed E-state index contributed by atoms with van der Waals surface area (Å²) in [5.41, 5.74) is 0. The second-order valence-electron chi connectivity index (χ2n) is 18.3. The molecule has 362 valence electrons. The second kappa shape index (κ2) is 49.8. The minimum absolute atomic E-state index is 0.0674. The van der Waals surface area contributed by atoms with Gasteiger partial charge in [0.05, 0.1) is 25.2 Å². The van der Waals surface area contributed by atoms with Crippen molar-refractivity contribution >= 4 is 11.9 Å². The molecular formula is C56H103NO5. The van der Waals surface area contributed by atoms with Crippen LogP contribution in [0.5, 0.6) is 0 Å². The third-order valence-electron chi connectivity index (χ3n) is 12.2. The van der Waals surface area contributed by atoms with Crippen molar-refractivity contribution in [1.29, 1.82) is 0 Å². The van der Waals surface area contributed by atoms with Gasteiger partial charge in [-0.05, 0) is 64.2 Å². The van der Waals surface area contributed by atoms with E-state index in [1.165, 1.54) is 141 Å². The molecule has 0 heterocycles. The SMILES string of the molecule is CC/C=C/C/C=C/C/C=C/C/C=C/CCCCCC(=O)OC(CCCCCCCCCCCCCCCCCCC)CC(=O)NC(CO)C(O)CCCCCCCCCCCC. The first-order chi connectivity index (χ1) is 30.5. The molecule has 6 nitrogen and oxygen atoms in total. The Hall–Kier alpha value is -2.18. The van der Waals surface area contributed by atoms with Crippen LogP contribution in [0.25, 0.3) is 0 Å². The number of carbonyl (C=O) groups excluding carboxylic acids is 2. The Morgan fingerprint density at radius 3 is 1.31 bits per heavy atom. The number of nitrogens with one attached hydrogen (secondary N) is 1. The third kappa shape index (κ3) is 44.4. The summed E-state index contributed by atoms with van der Waals surface area (Å²) in [6, 6.07) is -0.706. The molecule has 0 radical (unpaired) electrons. The van der Waals surface area contributed by atoms with Crippen molar-refractivity contribution in [1.82, 2.24) is 5.32 Å². The van der Waals surface area contributed by atoms with Crippen LogP contribution >= 0.6 is 0 Å². The van der Waals surface area contributed by atoms with E-state index in [9.17, 15) is 19.8 Å². The average Bonchev–Trinajstić information content (AvgIpc) is 3.26. The van der Waals surface area contributed by atoms with Gasteiger partial charge in [0, 0.05) is 6.42 Å². The summed E-state index contributed by atoms with van der Waals surface area (Å²) >= 11 is 0. The zero-order valence-corrected chi connectivity index (χ0v) is 41.3. The van der Waals surface area contributed by atoms with Crippen molar-refractivity contribution in [2.45, 2.75) is 289 Å². The Bertz CT molecular complexity index is 1070. The fraction of sp³-hybridized carbons (Fsp3) is 0.821. The fourth-order valence-electron chi connectivity index (χ4n) is 8.13. The van der Waals surface area contributed by atoms with Crippen molar-refractivity contribution in [3.63, 3.8) is 0 Å². The lowest BCUT2D eigenvalue weighted by molar-refractivity contribution is -0.151. The van der Waals surface area contributed by atoms with E-state index < -0.39 is 18.2 Å². The summed E-state index contributed by atoms with van der Waals surface area (Å²) in [6.45, 7) is 6.37. The first-order valence-corrected chi connectivity index (χ1v) is 26.9. The Kier molecular flexibility index (Phi) is 48.1. The zero-order valence-electron chi connectivity index (χ0n) is 41.3. The molecule has 0 spiro atoms. The highest BCUT2D eigenvalue weighted by Gasteiger charge is 2.24. The number of ether oxygens (including phenoxy) is 1. The Morgan fingerprint density at radius 2 is 0.871 bits per heavy atom. The van der Waals surface area contributed by atoms with Gasteiger partial charge < -0.3 is 20.3 Å². The number of allylic oxidation sites excluding steroid dienone is 8. The predicted molar refractivity (Wildman–Crippen MR) is 269 cm³/mol. The standard InChI is InChI=1S/C56H103NO5/c1-4-7-10-13-16-19-22-24-26-28-29-31-33-35-38-41-44-47-52(50-55(60)57-53(51-58)54(59)48-45-42-39-36-21-18-15-12-9-6-3)62-56(61)49-46-43-40-37-34-32-30-27-25-23-20-17-14-11-8-5-2/h8,11,17,20,25,27,32,34,52-54,58-59H,4-7,9-10,12-16,18-19,21-24,26,28-31,33,35-51H2,1-3H3,(H,57,60)/b11-8+,20-17+,27-25+,34-32+. The van der Waals surface area contributed by atoms with E-state index in [-0.39, 0.29) is 24.9 Å². The fourth-order valence-corrected chi connectivity index (χ4v) is 8.13. The molecule has 0 aromatic rings. The lowest BCUT2D eigenvalue weighted by atomic mass is 10.0. The smallest absolute Gasteiger partial charge is 0.306 e. The van der Waals surface area contributed by atoms with Crippen LogP contribution in [0, 0.1) is 0 Å². The van der Waals surface area contributed by atoms with Crippen molar-refractivity contribution in [2.24, 2.45) is 0 Å². The van der Waals surface area contributed by atoms with Crippen LogP contribution in [-0.2, 0) is 14.3 Å². The zero-order chi connectivity index (χ0) is 45.2. The number of unbranched alkanes of at least 4 members (excludes halogenated alkanes) is 28. The highest BCUT2D eigenvalue weighted by molar-refractivity contribution is 5.77. The van der Waals surface area contributed by atoms with Gasteiger partial charge in [0.2, 0.25) is 5.91 Å². The molecule has 0 fully saturated rings. The molecule has 0 aliphatic heterocycles. The molecule has 0 aliphatic carbocycles. The maximum absolute atomic E-state index is 13.2. The lowest BCUT2D eigenvalue weighted by Gasteiger charge is -2.24. The minimum atomic E-state index is -0.791. The van der Waals surface area contributed by atoms with E-state index in [2.05, 4.69) is 74.7 Å². The highest BCUT2D eigenvalue weighted by Crippen LogP contribution is 2.18. The molecule has 0 aliphatic rings. The monoisotopic (exact) mass is 870 g/mol. The third-order valence-corrected chi connectivity index (χ3v) is 12.2. The van der Waals surface area contributed by atoms with Crippen LogP contribution < -0.4 is 5.32 Å². The first kappa shape index (κ1) is 59.8. The molecule has 0 aromatic carbocycles. The summed E-state index contributed by atoms with van der Waals surface area (Å²) < 4.78 is 5.93. The molecule has 6 heteroatoms. The molecule has 62 heavy (non-hydrogen) atoms. The number of aliphatic hydroxyl groups is 2. The van der Waals surface area contributed by atoms with E-state index in [1.807, 2.05) is 0 Å². The van der Waals surface area contributed by atoms with Crippen LogP contribution in [0.1, 0.15) is 271 Å². The topological polar surface area (TPSA) is 95.9 Å². The molecule has 0 saturated carbocycles. The molecule has 3 unspecified atom stereocenters. The summed E-state index contributed by atoms with van der Waals surface area (Å²) in [4.78, 5) is 26.2. The van der Waals surface area contributed by atoms with Crippen LogP contribution in [0.3, 0.4) is 0 Å². The van der Waals surface area contributed by atoms with E-state index >= 15 is 0 Å². The maximum Gasteiger partial charge on any atom is 0.306 e. The van der Waals surface area contributed by atoms with Crippen molar-refractivity contribution in [2.75, 3.05) is 6.61 Å². The maximum atomic E-state index is 13.2. The summed E-state index contributed by atoms with van der Waals surface area (Å²) in [6.07, 6.45) is 60.3. The van der Waals surface area contributed by atoms with Gasteiger partial charge in [-0.15, -0.1) is 0 Å². The number of amides is 1. The average molecular weight is 870 g/mol. The summed E-state index contributed by atoms with van der Waals surface area (Å²) in [5, 5.41) is 23.7. The van der Waals surface area contributed by atoms with Crippen molar-refractivity contribution < 1.29 is 24.5 Å². The van der Waals surface area contributed by atoms with Crippen LogP contribution in [-0.4, -0.2) is 46.9 Å². The first-order valence-electron chi connectivity index (χ1n) is 26.9. The molecule has 0 bridgehead atoms. The minimum Gasteiger partial charge on any atom is -0.462 e. The second-order valence-corrected chi connectivity index (χ2v) is 18.3. The normalized spacial score (nSPS) is 13.6. The summed E-state index contributed by atoms with van der Waals surface area (Å²) in [5.74, 6) is -0.500. The van der Waals surface area contributed by atoms with E-state index in [1.54, 1.807) is 0 Å². The van der Waals surface area contributed by atoms with Gasteiger partial charge in [-0.1, -0.05) is 243 Å². The number of esters is 1. The molecule has 1 amide bonds. The van der Waals surface area contributed by atoms with E-state index in [0.717, 1.165) is 83.5 Å². The van der Waals surface area contributed by atoms with Crippen LogP contribution in [0.15, 0.2) is 48.6 Å². The van der Waals surface area contributed by atoms with Crippen LogP contribution in [0.2, 0.25) is 0 Å². The molecule has 3 N–H and O–H groups in total. The Balaban J connectivity index is 4.60. The van der Waals surface area contributed by atoms with E-state index in [4.69, 9.17) is 4.74 Å². The molecule has 0 aromatic heterocycles. The number of carbonyl (C=O) groups is 2.